The highest BCUT2D eigenvalue weighted by molar-refractivity contribution is 14.1. The molecule has 0 heterocycles. The number of carbonyl (C=O) groups excluding carboxylic acids is 2. The van der Waals surface area contributed by atoms with Gasteiger partial charge in [0.2, 0.25) is 0 Å². The summed E-state index contributed by atoms with van der Waals surface area (Å²) in [5, 5.41) is 0. The molecular weight excluding hydrogens is 463 g/mol. The van der Waals surface area contributed by atoms with Gasteiger partial charge < -0.3 is 14.2 Å². The number of rotatable bonds is 6. The first-order chi connectivity index (χ1) is 12.8. The number of hydrazine groups is 1. The lowest BCUT2D eigenvalue weighted by atomic mass is 10.1. The van der Waals surface area contributed by atoms with E-state index in [2.05, 4.69) is 10.9 Å². The molecule has 0 atom stereocenters. The minimum Gasteiger partial charge on any atom is -0.493 e. The third kappa shape index (κ3) is 5.49. The van der Waals surface area contributed by atoms with Gasteiger partial charge in [0.25, 0.3) is 11.8 Å². The van der Waals surface area contributed by atoms with Gasteiger partial charge in [-0.25, -0.2) is 0 Å². The summed E-state index contributed by atoms with van der Waals surface area (Å²) in [6.07, 6.45) is 0. The van der Waals surface area contributed by atoms with Crippen molar-refractivity contribution in [2.75, 3.05) is 20.8 Å². The van der Waals surface area contributed by atoms with Crippen LogP contribution in [0.15, 0.2) is 30.3 Å². The van der Waals surface area contributed by atoms with E-state index in [4.69, 9.17) is 14.2 Å². The van der Waals surface area contributed by atoms with Gasteiger partial charge in [0.1, 0.15) is 5.75 Å². The monoisotopic (exact) mass is 484 g/mol. The maximum Gasteiger partial charge on any atom is 0.276 e. The Morgan fingerprint density at radius 3 is 2.26 bits per heavy atom. The van der Waals surface area contributed by atoms with E-state index in [1.165, 1.54) is 14.2 Å². The van der Waals surface area contributed by atoms with E-state index in [1.54, 1.807) is 18.2 Å². The van der Waals surface area contributed by atoms with E-state index >= 15 is 0 Å². The molecule has 0 aliphatic rings. The van der Waals surface area contributed by atoms with Crippen LogP contribution in [0.3, 0.4) is 0 Å². The molecule has 0 unspecified atom stereocenters. The van der Waals surface area contributed by atoms with Crippen molar-refractivity contribution in [2.45, 2.75) is 13.8 Å². The Labute approximate surface area is 171 Å². The molecule has 0 aliphatic carbocycles. The fourth-order valence-corrected chi connectivity index (χ4v) is 2.89. The Kier molecular flexibility index (Phi) is 7.28. The topological polar surface area (TPSA) is 85.9 Å². The highest BCUT2D eigenvalue weighted by atomic mass is 127. The number of hydrogen-bond donors (Lipinski definition) is 2. The smallest absolute Gasteiger partial charge is 0.276 e. The maximum atomic E-state index is 12.3. The lowest BCUT2D eigenvalue weighted by Gasteiger charge is -2.13. The Hall–Kier alpha value is -2.49. The Morgan fingerprint density at radius 1 is 0.963 bits per heavy atom. The lowest BCUT2D eigenvalue weighted by molar-refractivity contribution is -0.123. The quantitative estimate of drug-likeness (QED) is 0.487. The van der Waals surface area contributed by atoms with E-state index in [0.717, 1.165) is 11.1 Å². The van der Waals surface area contributed by atoms with Crippen LogP contribution >= 0.6 is 22.6 Å². The summed E-state index contributed by atoms with van der Waals surface area (Å²) < 4.78 is 16.5. The number of benzene rings is 2. The average molecular weight is 484 g/mol. The van der Waals surface area contributed by atoms with E-state index in [1.807, 2.05) is 48.6 Å². The van der Waals surface area contributed by atoms with Crippen molar-refractivity contribution in [3.8, 4) is 17.2 Å². The molecule has 0 aromatic heterocycles. The van der Waals surface area contributed by atoms with Gasteiger partial charge in [0, 0.05) is 3.57 Å². The minimum atomic E-state index is -0.475. The van der Waals surface area contributed by atoms with Gasteiger partial charge >= 0.3 is 0 Å². The lowest BCUT2D eigenvalue weighted by Crippen LogP contribution is -2.44. The summed E-state index contributed by atoms with van der Waals surface area (Å²) in [5.41, 5.74) is 7.26. The van der Waals surface area contributed by atoms with Crippen LogP contribution in [0.2, 0.25) is 0 Å². The van der Waals surface area contributed by atoms with Gasteiger partial charge in [-0.1, -0.05) is 6.07 Å². The molecule has 2 aromatic carbocycles. The van der Waals surface area contributed by atoms with Gasteiger partial charge in [-0.2, -0.15) is 0 Å². The van der Waals surface area contributed by atoms with E-state index in [0.29, 0.717) is 26.4 Å². The summed E-state index contributed by atoms with van der Waals surface area (Å²) in [6, 6.07) is 8.80. The second-order valence-corrected chi connectivity index (χ2v) is 6.89. The molecule has 0 fully saturated rings. The first-order valence-electron chi connectivity index (χ1n) is 8.06. The molecule has 0 bridgehead atoms. The number of amides is 2. The van der Waals surface area contributed by atoms with Crippen LogP contribution in [0, 0.1) is 17.4 Å². The van der Waals surface area contributed by atoms with Crippen molar-refractivity contribution in [1.29, 1.82) is 0 Å². The number of carbonyl (C=O) groups is 2. The molecular formula is C19H21IN2O5. The van der Waals surface area contributed by atoms with Crippen molar-refractivity contribution in [1.82, 2.24) is 10.9 Å². The largest absolute Gasteiger partial charge is 0.493 e. The standard InChI is InChI=1S/C19H21IN2O5/c1-11-5-6-13(7-12(11)2)27-10-18(23)21-22-19(24)14-8-16(25-3)17(26-4)9-15(14)20/h5-9H,10H2,1-4H3,(H,21,23)(H,22,24). The molecule has 8 heteroatoms. The molecule has 2 amide bonds. The zero-order chi connectivity index (χ0) is 20.0. The molecule has 2 rings (SSSR count). The van der Waals surface area contributed by atoms with Crippen molar-refractivity contribution >= 4 is 34.4 Å². The van der Waals surface area contributed by atoms with Crippen molar-refractivity contribution in [2.24, 2.45) is 0 Å². The van der Waals surface area contributed by atoms with E-state index < -0.39 is 11.8 Å². The second kappa shape index (κ2) is 9.45. The molecule has 0 radical (unpaired) electrons. The Morgan fingerprint density at radius 2 is 1.63 bits per heavy atom. The van der Waals surface area contributed by atoms with Crippen LogP contribution in [0.1, 0.15) is 21.5 Å². The Bertz CT molecular complexity index is 854. The predicted molar refractivity (Wildman–Crippen MR) is 109 cm³/mol. The van der Waals surface area contributed by atoms with Crippen molar-refractivity contribution in [3.63, 3.8) is 0 Å². The molecule has 7 nitrogen and oxygen atoms in total. The number of aryl methyl sites for hydroxylation is 2. The summed E-state index contributed by atoms with van der Waals surface area (Å²) in [4.78, 5) is 24.2. The molecule has 2 aromatic rings. The SMILES string of the molecule is COc1cc(I)c(C(=O)NNC(=O)COc2ccc(C)c(C)c2)cc1OC. The first kappa shape index (κ1) is 20.8. The normalized spacial score (nSPS) is 10.1. The fraction of sp³-hybridized carbons (Fsp3) is 0.263. The molecule has 27 heavy (non-hydrogen) atoms. The maximum absolute atomic E-state index is 12.3. The zero-order valence-corrected chi connectivity index (χ0v) is 17.7. The predicted octanol–water partition coefficient (Wildman–Crippen LogP) is 2.77. The molecule has 0 saturated carbocycles. The molecule has 2 N–H and O–H groups in total. The van der Waals surface area contributed by atoms with Crippen LogP contribution in [-0.4, -0.2) is 32.6 Å². The minimum absolute atomic E-state index is 0.216. The fourth-order valence-electron chi connectivity index (χ4n) is 2.21. The van der Waals surface area contributed by atoms with Gasteiger partial charge in [0.05, 0.1) is 19.8 Å². The van der Waals surface area contributed by atoms with Crippen molar-refractivity contribution < 1.29 is 23.8 Å². The highest BCUT2D eigenvalue weighted by Crippen LogP contribution is 2.31. The summed E-state index contributed by atoms with van der Waals surface area (Å²) in [6.45, 7) is 3.75. The highest BCUT2D eigenvalue weighted by Gasteiger charge is 2.16. The average Bonchev–Trinajstić information content (AvgIpc) is 2.66. The third-order valence-electron chi connectivity index (χ3n) is 3.88. The van der Waals surface area contributed by atoms with Crippen LogP contribution < -0.4 is 25.1 Å². The summed E-state index contributed by atoms with van der Waals surface area (Å²) >= 11 is 2.01. The second-order valence-electron chi connectivity index (χ2n) is 5.72. The number of ether oxygens (including phenoxy) is 3. The first-order valence-corrected chi connectivity index (χ1v) is 9.14. The molecule has 0 spiro atoms. The number of halogens is 1. The number of methoxy groups -OCH3 is 2. The summed E-state index contributed by atoms with van der Waals surface area (Å²) in [5.74, 6) is 0.586. The van der Waals surface area contributed by atoms with Gasteiger partial charge in [-0.05, 0) is 71.8 Å². The van der Waals surface area contributed by atoms with Gasteiger partial charge in [-0.15, -0.1) is 0 Å². The van der Waals surface area contributed by atoms with Gasteiger partial charge in [0.15, 0.2) is 18.1 Å². The molecule has 0 aliphatic heterocycles. The van der Waals surface area contributed by atoms with Crippen LogP contribution in [0.5, 0.6) is 17.2 Å². The van der Waals surface area contributed by atoms with E-state index in [-0.39, 0.29) is 6.61 Å². The number of hydrogen-bond acceptors (Lipinski definition) is 5. The van der Waals surface area contributed by atoms with Crippen molar-refractivity contribution in [3.05, 3.63) is 50.6 Å². The van der Waals surface area contributed by atoms with Gasteiger partial charge in [-0.3, -0.25) is 20.4 Å². The van der Waals surface area contributed by atoms with Crippen LogP contribution in [-0.2, 0) is 4.79 Å². The number of nitrogens with one attached hydrogen (secondary N) is 2. The molecule has 144 valence electrons. The Balaban J connectivity index is 1.92. The molecule has 0 saturated heterocycles. The summed E-state index contributed by atoms with van der Waals surface area (Å²) in [7, 11) is 3.00. The zero-order valence-electron chi connectivity index (χ0n) is 15.5. The van der Waals surface area contributed by atoms with Crippen LogP contribution in [0.4, 0.5) is 0 Å². The van der Waals surface area contributed by atoms with E-state index in [9.17, 15) is 9.59 Å². The third-order valence-corrected chi connectivity index (χ3v) is 4.77. The van der Waals surface area contributed by atoms with Crippen LogP contribution in [0.25, 0.3) is 0 Å².